The molecule has 2 aromatic rings. The molecular formula is C21H30N4O2S. The molecule has 7 heteroatoms. The molecule has 0 radical (unpaired) electrons. The van der Waals surface area contributed by atoms with Gasteiger partial charge in [0, 0.05) is 49.3 Å². The topological polar surface area (TPSA) is 59.7 Å². The zero-order valence-corrected chi connectivity index (χ0v) is 18.0. The molecule has 2 atom stereocenters. The standard InChI is InChI=1S/C21H30N4O2S/c1-5-24(6-2)28(26,27)25(7-3)16-12-18-17-9-8-10-19-21(17)15(13-22-19)11-20(18)23(4)14-16/h8-10,12-13,16,20,22H,5-7,11,14H2,1-4H3. The molecule has 1 aliphatic heterocycles. The number of likely N-dealkylation sites (N-methyl/N-ethyl adjacent to an activating group) is 2. The summed E-state index contributed by atoms with van der Waals surface area (Å²) in [7, 11) is -1.38. The van der Waals surface area contributed by atoms with Gasteiger partial charge in [0.1, 0.15) is 0 Å². The van der Waals surface area contributed by atoms with Crippen molar-refractivity contribution in [3.05, 3.63) is 41.6 Å². The number of aromatic nitrogens is 1. The van der Waals surface area contributed by atoms with Crippen LogP contribution in [0.1, 0.15) is 31.9 Å². The molecule has 1 aromatic heterocycles. The lowest BCUT2D eigenvalue weighted by Gasteiger charge is -2.43. The van der Waals surface area contributed by atoms with Crippen molar-refractivity contribution in [1.29, 1.82) is 0 Å². The van der Waals surface area contributed by atoms with Crippen molar-refractivity contribution in [2.24, 2.45) is 0 Å². The van der Waals surface area contributed by atoms with Crippen molar-refractivity contribution in [1.82, 2.24) is 18.5 Å². The summed E-state index contributed by atoms with van der Waals surface area (Å²) in [6.45, 7) is 7.87. The molecule has 0 spiro atoms. The number of H-pyrrole nitrogens is 1. The van der Waals surface area contributed by atoms with Crippen molar-refractivity contribution in [3.63, 3.8) is 0 Å². The van der Waals surface area contributed by atoms with Crippen LogP contribution in [0.2, 0.25) is 0 Å². The molecule has 2 unspecified atom stereocenters. The normalized spacial score (nSPS) is 22.7. The van der Waals surface area contributed by atoms with E-state index in [0.717, 1.165) is 11.9 Å². The van der Waals surface area contributed by atoms with Crippen molar-refractivity contribution >= 4 is 26.7 Å². The Bertz CT molecular complexity index is 1010. The smallest absolute Gasteiger partial charge is 0.282 e. The van der Waals surface area contributed by atoms with Crippen molar-refractivity contribution < 1.29 is 8.42 Å². The molecule has 152 valence electrons. The first-order valence-corrected chi connectivity index (χ1v) is 11.6. The maximum atomic E-state index is 13.2. The van der Waals surface area contributed by atoms with Gasteiger partial charge in [-0.2, -0.15) is 17.0 Å². The molecule has 4 rings (SSSR count). The molecule has 28 heavy (non-hydrogen) atoms. The van der Waals surface area contributed by atoms with Gasteiger partial charge in [0.15, 0.2) is 0 Å². The molecule has 2 aliphatic rings. The van der Waals surface area contributed by atoms with Gasteiger partial charge in [-0.1, -0.05) is 39.0 Å². The minimum atomic E-state index is -3.49. The lowest BCUT2D eigenvalue weighted by molar-refractivity contribution is 0.211. The molecule has 1 aromatic carbocycles. The molecule has 0 saturated carbocycles. The lowest BCUT2D eigenvalue weighted by atomic mass is 9.81. The second-order valence-electron chi connectivity index (χ2n) is 7.69. The first kappa shape index (κ1) is 19.6. The Morgan fingerprint density at radius 1 is 1.18 bits per heavy atom. The van der Waals surface area contributed by atoms with Crippen LogP contribution >= 0.6 is 0 Å². The van der Waals surface area contributed by atoms with E-state index in [1.54, 1.807) is 8.61 Å². The SMILES string of the molecule is CCN(CC)S(=O)(=O)N(CC)C1C=C2c3cccc4[nH]cc(c34)CC2N(C)C1. The van der Waals surface area contributed by atoms with E-state index in [9.17, 15) is 8.42 Å². The number of hydrogen-bond donors (Lipinski definition) is 1. The summed E-state index contributed by atoms with van der Waals surface area (Å²) in [5.41, 5.74) is 4.99. The Kier molecular flexibility index (Phi) is 5.12. The van der Waals surface area contributed by atoms with Crippen LogP contribution in [0.5, 0.6) is 0 Å². The fourth-order valence-electron chi connectivity index (χ4n) is 4.87. The number of aromatic amines is 1. The summed E-state index contributed by atoms with van der Waals surface area (Å²) >= 11 is 0. The average Bonchev–Trinajstić information content (AvgIpc) is 3.08. The van der Waals surface area contributed by atoms with E-state index in [-0.39, 0.29) is 6.04 Å². The largest absolute Gasteiger partial charge is 0.361 e. The molecule has 1 aliphatic carbocycles. The van der Waals surface area contributed by atoms with E-state index in [2.05, 4.69) is 47.4 Å². The molecule has 0 fully saturated rings. The van der Waals surface area contributed by atoms with Crippen LogP contribution in [-0.2, 0) is 16.6 Å². The molecule has 1 N–H and O–H groups in total. The molecule has 0 amide bonds. The zero-order chi connectivity index (χ0) is 20.1. The predicted molar refractivity (Wildman–Crippen MR) is 114 cm³/mol. The number of nitrogens with one attached hydrogen (secondary N) is 1. The van der Waals surface area contributed by atoms with Crippen LogP contribution in [0, 0.1) is 0 Å². The number of nitrogens with zero attached hydrogens (tertiary/aromatic N) is 3. The molecule has 2 heterocycles. The monoisotopic (exact) mass is 402 g/mol. The van der Waals surface area contributed by atoms with E-state index in [1.165, 1.54) is 22.1 Å². The van der Waals surface area contributed by atoms with Gasteiger partial charge < -0.3 is 4.98 Å². The second kappa shape index (κ2) is 7.30. The summed E-state index contributed by atoms with van der Waals surface area (Å²) in [6.07, 6.45) is 5.29. The van der Waals surface area contributed by atoms with Crippen LogP contribution in [0.4, 0.5) is 0 Å². The minimum Gasteiger partial charge on any atom is -0.361 e. The van der Waals surface area contributed by atoms with Crippen molar-refractivity contribution in [3.8, 4) is 0 Å². The number of hydrogen-bond acceptors (Lipinski definition) is 3. The number of rotatable bonds is 6. The van der Waals surface area contributed by atoms with Gasteiger partial charge in [0.25, 0.3) is 10.2 Å². The van der Waals surface area contributed by atoms with Crippen LogP contribution in [0.25, 0.3) is 16.5 Å². The molecule has 0 saturated heterocycles. The van der Waals surface area contributed by atoms with Gasteiger partial charge in [-0.25, -0.2) is 0 Å². The fraction of sp³-hybridized carbons (Fsp3) is 0.524. The Labute approximate surface area is 168 Å². The quantitative estimate of drug-likeness (QED) is 0.808. The molecular weight excluding hydrogens is 372 g/mol. The summed E-state index contributed by atoms with van der Waals surface area (Å²) < 4.78 is 29.7. The highest BCUT2D eigenvalue weighted by Crippen LogP contribution is 2.40. The highest BCUT2D eigenvalue weighted by molar-refractivity contribution is 7.86. The van der Waals surface area contributed by atoms with Crippen LogP contribution in [-0.4, -0.2) is 72.2 Å². The third-order valence-electron chi connectivity index (χ3n) is 6.26. The summed E-state index contributed by atoms with van der Waals surface area (Å²) in [4.78, 5) is 5.70. The van der Waals surface area contributed by atoms with Crippen LogP contribution in [0.3, 0.4) is 0 Å². The molecule has 6 nitrogen and oxygen atoms in total. The van der Waals surface area contributed by atoms with E-state index >= 15 is 0 Å². The highest BCUT2D eigenvalue weighted by Gasteiger charge is 2.39. The number of benzene rings is 1. The van der Waals surface area contributed by atoms with Gasteiger partial charge in [0.2, 0.25) is 0 Å². The van der Waals surface area contributed by atoms with E-state index in [0.29, 0.717) is 32.2 Å². The van der Waals surface area contributed by atoms with E-state index < -0.39 is 10.2 Å². The number of fused-ring (bicyclic) bond motifs is 2. The van der Waals surface area contributed by atoms with Crippen molar-refractivity contribution in [2.75, 3.05) is 33.2 Å². The zero-order valence-electron chi connectivity index (χ0n) is 17.1. The Balaban J connectivity index is 1.80. The van der Waals surface area contributed by atoms with Crippen LogP contribution in [0.15, 0.2) is 30.5 Å². The van der Waals surface area contributed by atoms with Gasteiger partial charge in [-0.15, -0.1) is 0 Å². The third kappa shape index (κ3) is 2.92. The first-order valence-electron chi connectivity index (χ1n) is 10.2. The van der Waals surface area contributed by atoms with Gasteiger partial charge in [0.05, 0.1) is 6.04 Å². The van der Waals surface area contributed by atoms with Crippen LogP contribution < -0.4 is 0 Å². The average molecular weight is 403 g/mol. The highest BCUT2D eigenvalue weighted by atomic mass is 32.2. The van der Waals surface area contributed by atoms with E-state index in [4.69, 9.17) is 0 Å². The summed E-state index contributed by atoms with van der Waals surface area (Å²) in [5.74, 6) is 0. The summed E-state index contributed by atoms with van der Waals surface area (Å²) in [5, 5.41) is 1.29. The van der Waals surface area contributed by atoms with Crippen molar-refractivity contribution in [2.45, 2.75) is 39.3 Å². The molecule has 0 bridgehead atoms. The second-order valence-corrected chi connectivity index (χ2v) is 9.57. The first-order chi connectivity index (χ1) is 13.4. The minimum absolute atomic E-state index is 0.164. The fourth-order valence-corrected chi connectivity index (χ4v) is 6.62. The van der Waals surface area contributed by atoms with Gasteiger partial charge >= 0.3 is 0 Å². The van der Waals surface area contributed by atoms with Gasteiger partial charge in [-0.05, 0) is 36.2 Å². The predicted octanol–water partition coefficient (Wildman–Crippen LogP) is 2.70. The van der Waals surface area contributed by atoms with Gasteiger partial charge in [-0.3, -0.25) is 4.90 Å². The van der Waals surface area contributed by atoms with E-state index in [1.807, 2.05) is 20.8 Å². The maximum absolute atomic E-state index is 13.2. The lowest BCUT2D eigenvalue weighted by Crippen LogP contribution is -2.54. The Morgan fingerprint density at radius 3 is 2.61 bits per heavy atom. The Morgan fingerprint density at radius 2 is 1.93 bits per heavy atom. The summed E-state index contributed by atoms with van der Waals surface area (Å²) in [6, 6.07) is 6.48. The Hall–Kier alpha value is -1.67. The third-order valence-corrected chi connectivity index (χ3v) is 8.55. The maximum Gasteiger partial charge on any atom is 0.282 e.